The monoisotopic (exact) mass is 317 g/mol. The molecule has 0 saturated heterocycles. The molecular formula is C17H23N3O3. The molecule has 0 radical (unpaired) electrons. The fraction of sp³-hybridized carbons (Fsp3) is 0.529. The summed E-state index contributed by atoms with van der Waals surface area (Å²) in [4.78, 5) is 23.6. The fourth-order valence-electron chi connectivity index (χ4n) is 3.45. The van der Waals surface area contributed by atoms with E-state index in [9.17, 15) is 9.59 Å². The smallest absolute Gasteiger partial charge is 0.262 e. The molecule has 1 heterocycles. The Kier molecular flexibility index (Phi) is 4.52. The predicted octanol–water partition coefficient (Wildman–Crippen LogP) is 2.26. The number of ether oxygens (including phenoxy) is 1. The number of rotatable bonds is 4. The van der Waals surface area contributed by atoms with Crippen molar-refractivity contribution in [2.45, 2.75) is 38.5 Å². The number of amides is 2. The van der Waals surface area contributed by atoms with Crippen LogP contribution in [0.15, 0.2) is 18.2 Å². The van der Waals surface area contributed by atoms with Gasteiger partial charge in [-0.15, -0.1) is 0 Å². The second-order valence-corrected chi connectivity index (χ2v) is 6.54. The molecule has 1 aliphatic carbocycles. The molecule has 2 amide bonds. The molecule has 2 aliphatic rings. The highest BCUT2D eigenvalue weighted by molar-refractivity contribution is 5.97. The van der Waals surface area contributed by atoms with E-state index in [2.05, 4.69) is 10.6 Å². The highest BCUT2D eigenvalue weighted by atomic mass is 16.5. The van der Waals surface area contributed by atoms with Crippen LogP contribution in [0.1, 0.15) is 38.5 Å². The van der Waals surface area contributed by atoms with E-state index < -0.39 is 0 Å². The van der Waals surface area contributed by atoms with Gasteiger partial charge in [0.05, 0.1) is 5.69 Å². The zero-order valence-electron chi connectivity index (χ0n) is 13.2. The molecule has 1 aromatic carbocycles. The Balaban J connectivity index is 1.65. The zero-order valence-corrected chi connectivity index (χ0v) is 13.2. The van der Waals surface area contributed by atoms with E-state index in [0.717, 1.165) is 25.7 Å². The minimum atomic E-state index is -0.170. The lowest BCUT2D eigenvalue weighted by Crippen LogP contribution is -2.36. The van der Waals surface area contributed by atoms with Gasteiger partial charge in [-0.3, -0.25) is 9.59 Å². The number of hydrogen-bond donors (Lipinski definition) is 3. The minimum absolute atomic E-state index is 0.000679. The summed E-state index contributed by atoms with van der Waals surface area (Å²) in [7, 11) is 0. The lowest BCUT2D eigenvalue weighted by molar-refractivity contribution is -0.119. The first-order valence-corrected chi connectivity index (χ1v) is 8.17. The Hall–Kier alpha value is -2.08. The lowest BCUT2D eigenvalue weighted by Gasteiger charge is -2.35. The summed E-state index contributed by atoms with van der Waals surface area (Å²) in [5.74, 6) is 0.391. The first-order valence-electron chi connectivity index (χ1n) is 8.17. The molecule has 4 N–H and O–H groups in total. The standard InChI is InChI=1S/C17H23N3O3/c18-11-17(6-2-1-3-7-17)9-15(21)19-12-4-5-13-14(8-12)23-10-16(22)20-13/h4-5,8H,1-3,6-7,9-11,18H2,(H,19,21)(H,20,22). The molecule has 3 rings (SSSR count). The maximum atomic E-state index is 12.4. The molecule has 6 nitrogen and oxygen atoms in total. The number of carbonyl (C=O) groups is 2. The van der Waals surface area contributed by atoms with E-state index in [4.69, 9.17) is 10.5 Å². The molecule has 0 unspecified atom stereocenters. The van der Waals surface area contributed by atoms with Crippen LogP contribution in [0.3, 0.4) is 0 Å². The summed E-state index contributed by atoms with van der Waals surface area (Å²) in [6.45, 7) is 0.556. The van der Waals surface area contributed by atoms with Gasteiger partial charge >= 0.3 is 0 Å². The molecule has 0 aromatic heterocycles. The number of fused-ring (bicyclic) bond motifs is 1. The van der Waals surface area contributed by atoms with Crippen molar-refractivity contribution in [1.29, 1.82) is 0 Å². The number of benzene rings is 1. The van der Waals surface area contributed by atoms with Crippen LogP contribution in [0.4, 0.5) is 11.4 Å². The molecule has 23 heavy (non-hydrogen) atoms. The summed E-state index contributed by atoms with van der Waals surface area (Å²) in [5.41, 5.74) is 7.19. The van der Waals surface area contributed by atoms with E-state index in [1.54, 1.807) is 18.2 Å². The summed E-state index contributed by atoms with van der Waals surface area (Å²) in [5, 5.41) is 5.65. The molecule has 1 aliphatic heterocycles. The van der Waals surface area contributed by atoms with Crippen LogP contribution in [0.5, 0.6) is 5.75 Å². The molecule has 1 fully saturated rings. The van der Waals surface area contributed by atoms with Crippen molar-refractivity contribution < 1.29 is 14.3 Å². The van der Waals surface area contributed by atoms with Gasteiger partial charge < -0.3 is 21.1 Å². The van der Waals surface area contributed by atoms with Crippen molar-refractivity contribution in [3.8, 4) is 5.75 Å². The van der Waals surface area contributed by atoms with Crippen LogP contribution < -0.4 is 21.1 Å². The Labute approximate surface area is 135 Å². The number of carbonyl (C=O) groups excluding carboxylic acids is 2. The molecule has 0 spiro atoms. The van der Waals surface area contributed by atoms with Crippen LogP contribution in [0.2, 0.25) is 0 Å². The second kappa shape index (κ2) is 6.58. The highest BCUT2D eigenvalue weighted by Crippen LogP contribution is 2.38. The van der Waals surface area contributed by atoms with E-state index >= 15 is 0 Å². The van der Waals surface area contributed by atoms with Gasteiger partial charge in [-0.1, -0.05) is 19.3 Å². The van der Waals surface area contributed by atoms with Crippen molar-refractivity contribution in [3.63, 3.8) is 0 Å². The number of hydrogen-bond acceptors (Lipinski definition) is 4. The zero-order chi connectivity index (χ0) is 16.3. The van der Waals surface area contributed by atoms with Crippen molar-refractivity contribution in [2.24, 2.45) is 11.1 Å². The first-order chi connectivity index (χ1) is 11.1. The van der Waals surface area contributed by atoms with Crippen LogP contribution in [0.25, 0.3) is 0 Å². The molecule has 124 valence electrons. The third-order valence-electron chi connectivity index (χ3n) is 4.78. The van der Waals surface area contributed by atoms with Crippen LogP contribution in [-0.2, 0) is 9.59 Å². The fourth-order valence-corrected chi connectivity index (χ4v) is 3.45. The molecule has 0 bridgehead atoms. The van der Waals surface area contributed by atoms with Crippen molar-refractivity contribution in [1.82, 2.24) is 0 Å². The third kappa shape index (κ3) is 3.64. The molecule has 1 saturated carbocycles. The highest BCUT2D eigenvalue weighted by Gasteiger charge is 2.33. The van der Waals surface area contributed by atoms with E-state index in [1.807, 2.05) is 0 Å². The maximum Gasteiger partial charge on any atom is 0.262 e. The third-order valence-corrected chi connectivity index (χ3v) is 4.78. The molecule has 6 heteroatoms. The largest absolute Gasteiger partial charge is 0.482 e. The summed E-state index contributed by atoms with van der Waals surface area (Å²) >= 11 is 0. The molecule has 0 atom stereocenters. The Morgan fingerprint density at radius 1 is 1.30 bits per heavy atom. The Morgan fingerprint density at radius 3 is 2.83 bits per heavy atom. The van der Waals surface area contributed by atoms with Gasteiger partial charge in [0, 0.05) is 18.2 Å². The van der Waals surface area contributed by atoms with Gasteiger partial charge in [0.15, 0.2) is 6.61 Å². The quantitative estimate of drug-likeness (QED) is 0.794. The van der Waals surface area contributed by atoms with Crippen LogP contribution in [-0.4, -0.2) is 25.0 Å². The van der Waals surface area contributed by atoms with Crippen LogP contribution in [0, 0.1) is 5.41 Å². The van der Waals surface area contributed by atoms with E-state index in [1.165, 1.54) is 6.42 Å². The lowest BCUT2D eigenvalue weighted by atomic mass is 9.71. The average Bonchev–Trinajstić information content (AvgIpc) is 2.55. The van der Waals surface area contributed by atoms with Gasteiger partial charge in [0.2, 0.25) is 5.91 Å². The average molecular weight is 317 g/mol. The summed E-state index contributed by atoms with van der Waals surface area (Å²) in [6, 6.07) is 5.24. The maximum absolute atomic E-state index is 12.4. The Bertz CT molecular complexity index is 609. The van der Waals surface area contributed by atoms with Gasteiger partial charge in [0.25, 0.3) is 5.91 Å². The molecule has 1 aromatic rings. The van der Waals surface area contributed by atoms with E-state index in [-0.39, 0.29) is 23.8 Å². The first kappa shape index (κ1) is 15.8. The van der Waals surface area contributed by atoms with Crippen molar-refractivity contribution in [3.05, 3.63) is 18.2 Å². The second-order valence-electron chi connectivity index (χ2n) is 6.54. The van der Waals surface area contributed by atoms with Crippen molar-refractivity contribution >= 4 is 23.2 Å². The van der Waals surface area contributed by atoms with Gasteiger partial charge in [-0.25, -0.2) is 0 Å². The normalized spacial score (nSPS) is 19.3. The minimum Gasteiger partial charge on any atom is -0.482 e. The Morgan fingerprint density at radius 2 is 2.09 bits per heavy atom. The van der Waals surface area contributed by atoms with Gasteiger partial charge in [0.1, 0.15) is 5.75 Å². The SMILES string of the molecule is NCC1(CC(=O)Nc2ccc3c(c2)OCC(=O)N3)CCCCC1. The summed E-state index contributed by atoms with van der Waals surface area (Å²) < 4.78 is 5.37. The predicted molar refractivity (Wildman–Crippen MR) is 88.4 cm³/mol. The number of nitrogens with one attached hydrogen (secondary N) is 2. The van der Waals surface area contributed by atoms with E-state index in [0.29, 0.717) is 30.1 Å². The van der Waals surface area contributed by atoms with Gasteiger partial charge in [-0.05, 0) is 36.9 Å². The van der Waals surface area contributed by atoms with Crippen molar-refractivity contribution in [2.75, 3.05) is 23.8 Å². The molecular weight excluding hydrogens is 294 g/mol. The van der Waals surface area contributed by atoms with Gasteiger partial charge in [-0.2, -0.15) is 0 Å². The topological polar surface area (TPSA) is 93.5 Å². The summed E-state index contributed by atoms with van der Waals surface area (Å²) in [6.07, 6.45) is 6.04. The number of anilines is 2. The number of nitrogens with two attached hydrogens (primary N) is 1. The van der Waals surface area contributed by atoms with Crippen LogP contribution >= 0.6 is 0 Å².